The fourth-order valence-corrected chi connectivity index (χ4v) is 5.66. The second-order valence-electron chi connectivity index (χ2n) is 8.63. The van der Waals surface area contributed by atoms with E-state index < -0.39 is 20.0 Å². The SMILES string of the molecule is CC.CC1CCN(S(C)(=O)=O)CC1.Cc1ncc2cccc(N3CCN(S(C)(=O)=O)CC3)c2n1. The van der Waals surface area contributed by atoms with Crippen molar-refractivity contribution in [3.8, 4) is 0 Å². The molecule has 0 aliphatic carbocycles. The number of fused-ring (bicyclic) bond motifs is 1. The molecule has 34 heavy (non-hydrogen) atoms. The lowest BCUT2D eigenvalue weighted by molar-refractivity contribution is 0.289. The molecule has 0 atom stereocenters. The topological polar surface area (TPSA) is 104 Å². The van der Waals surface area contributed by atoms with Gasteiger partial charge in [0.25, 0.3) is 0 Å². The lowest BCUT2D eigenvalue weighted by Gasteiger charge is -2.35. The molecule has 0 radical (unpaired) electrons. The van der Waals surface area contributed by atoms with Crippen LogP contribution >= 0.6 is 0 Å². The lowest BCUT2D eigenvalue weighted by atomic mass is 10.0. The molecular weight excluding hydrogens is 474 g/mol. The van der Waals surface area contributed by atoms with Gasteiger partial charge in [-0.25, -0.2) is 31.1 Å². The van der Waals surface area contributed by atoms with Crippen molar-refractivity contribution in [1.82, 2.24) is 18.6 Å². The maximum absolute atomic E-state index is 11.6. The molecule has 2 aromatic rings. The average molecular weight is 514 g/mol. The van der Waals surface area contributed by atoms with Crippen LogP contribution in [0.15, 0.2) is 24.4 Å². The van der Waals surface area contributed by atoms with Crippen LogP contribution in [0, 0.1) is 12.8 Å². The summed E-state index contributed by atoms with van der Waals surface area (Å²) in [5, 5.41) is 1.00. The quantitative estimate of drug-likeness (QED) is 0.622. The number of aryl methyl sites for hydroxylation is 1. The van der Waals surface area contributed by atoms with Crippen molar-refractivity contribution < 1.29 is 16.8 Å². The molecule has 192 valence electrons. The number of anilines is 1. The standard InChI is InChI=1S/C14H18N4O2S.C7H15NO2S.C2H6/c1-11-15-10-12-4-3-5-13(14(12)16-11)17-6-8-18(9-7-17)21(2,19)20;1-7-3-5-8(6-4-7)11(2,9)10;1-2/h3-5,10H,6-9H2,1-2H3;7H,3-6H2,1-2H3;1-2H3. The fraction of sp³-hybridized carbons (Fsp3) is 0.652. The third-order valence-corrected chi connectivity index (χ3v) is 8.58. The number of piperazine rings is 1. The van der Waals surface area contributed by atoms with Crippen molar-refractivity contribution in [2.24, 2.45) is 5.92 Å². The number of nitrogens with zero attached hydrogens (tertiary/aromatic N) is 5. The van der Waals surface area contributed by atoms with Gasteiger partial charge in [0.1, 0.15) is 5.82 Å². The van der Waals surface area contributed by atoms with Gasteiger partial charge in [-0.15, -0.1) is 0 Å². The highest BCUT2D eigenvalue weighted by Gasteiger charge is 2.24. The average Bonchev–Trinajstić information content (AvgIpc) is 2.80. The number of hydrogen-bond acceptors (Lipinski definition) is 7. The van der Waals surface area contributed by atoms with E-state index >= 15 is 0 Å². The summed E-state index contributed by atoms with van der Waals surface area (Å²) in [5.74, 6) is 1.43. The highest BCUT2D eigenvalue weighted by molar-refractivity contribution is 7.88. The minimum Gasteiger partial charge on any atom is -0.367 e. The highest BCUT2D eigenvalue weighted by Crippen LogP contribution is 2.26. The van der Waals surface area contributed by atoms with Crippen molar-refractivity contribution in [2.75, 3.05) is 56.7 Å². The molecule has 4 rings (SSSR count). The lowest BCUT2D eigenvalue weighted by Crippen LogP contribution is -2.48. The number of rotatable bonds is 3. The molecule has 3 heterocycles. The van der Waals surface area contributed by atoms with Crippen LogP contribution in [0.4, 0.5) is 5.69 Å². The molecule has 1 aromatic carbocycles. The summed E-state index contributed by atoms with van der Waals surface area (Å²) in [6.07, 6.45) is 6.38. The van der Waals surface area contributed by atoms with Gasteiger partial charge in [-0.05, 0) is 31.7 Å². The Morgan fingerprint density at radius 2 is 1.38 bits per heavy atom. The van der Waals surface area contributed by atoms with E-state index in [0.717, 1.165) is 35.3 Å². The molecule has 0 amide bonds. The van der Waals surface area contributed by atoms with E-state index in [4.69, 9.17) is 0 Å². The predicted molar refractivity (Wildman–Crippen MR) is 139 cm³/mol. The zero-order valence-corrected chi connectivity index (χ0v) is 22.9. The summed E-state index contributed by atoms with van der Waals surface area (Å²) in [6.45, 7) is 11.8. The Labute approximate surface area is 205 Å². The predicted octanol–water partition coefficient (Wildman–Crippen LogP) is 2.72. The summed E-state index contributed by atoms with van der Waals surface area (Å²) < 4.78 is 48.3. The first kappa shape index (κ1) is 28.4. The van der Waals surface area contributed by atoms with E-state index in [2.05, 4.69) is 21.8 Å². The van der Waals surface area contributed by atoms with Gasteiger partial charge < -0.3 is 4.90 Å². The summed E-state index contributed by atoms with van der Waals surface area (Å²) in [5.41, 5.74) is 1.98. The third-order valence-electron chi connectivity index (χ3n) is 5.97. The monoisotopic (exact) mass is 513 g/mol. The molecule has 0 unspecified atom stereocenters. The van der Waals surface area contributed by atoms with Gasteiger partial charge in [0.2, 0.25) is 20.0 Å². The molecule has 0 saturated carbocycles. The Kier molecular flexibility index (Phi) is 10.2. The Morgan fingerprint density at radius 1 is 0.853 bits per heavy atom. The molecule has 11 heteroatoms. The zero-order valence-electron chi connectivity index (χ0n) is 21.2. The van der Waals surface area contributed by atoms with E-state index in [-0.39, 0.29) is 0 Å². The maximum atomic E-state index is 11.6. The second kappa shape index (κ2) is 12.2. The van der Waals surface area contributed by atoms with Crippen molar-refractivity contribution in [1.29, 1.82) is 0 Å². The number of aromatic nitrogens is 2. The van der Waals surface area contributed by atoms with Crippen LogP contribution in [-0.4, -0.2) is 87.2 Å². The normalized spacial score (nSPS) is 18.6. The molecule has 0 bridgehead atoms. The fourth-order valence-electron chi connectivity index (χ4n) is 3.96. The van der Waals surface area contributed by atoms with E-state index in [9.17, 15) is 16.8 Å². The highest BCUT2D eigenvalue weighted by atomic mass is 32.2. The van der Waals surface area contributed by atoms with Crippen LogP contribution in [0.2, 0.25) is 0 Å². The van der Waals surface area contributed by atoms with Gasteiger partial charge in [-0.3, -0.25) is 0 Å². The van der Waals surface area contributed by atoms with Crippen LogP contribution in [-0.2, 0) is 20.0 Å². The third kappa shape index (κ3) is 7.86. The number of para-hydroxylation sites is 1. The summed E-state index contributed by atoms with van der Waals surface area (Å²) in [4.78, 5) is 10.9. The molecular formula is C23H39N5O4S2. The van der Waals surface area contributed by atoms with Crippen LogP contribution in [0.25, 0.3) is 10.9 Å². The van der Waals surface area contributed by atoms with E-state index in [1.165, 1.54) is 16.8 Å². The number of sulfonamides is 2. The van der Waals surface area contributed by atoms with Crippen molar-refractivity contribution in [3.05, 3.63) is 30.2 Å². The maximum Gasteiger partial charge on any atom is 0.211 e. The van der Waals surface area contributed by atoms with E-state index in [1.54, 1.807) is 4.31 Å². The smallest absolute Gasteiger partial charge is 0.211 e. The number of hydrogen-bond donors (Lipinski definition) is 0. The van der Waals surface area contributed by atoms with Crippen LogP contribution in [0.1, 0.15) is 39.4 Å². The largest absolute Gasteiger partial charge is 0.367 e. The van der Waals surface area contributed by atoms with E-state index in [0.29, 0.717) is 45.2 Å². The Balaban J connectivity index is 0.000000266. The van der Waals surface area contributed by atoms with Gasteiger partial charge >= 0.3 is 0 Å². The summed E-state index contributed by atoms with van der Waals surface area (Å²) in [7, 11) is -6.02. The van der Waals surface area contributed by atoms with Gasteiger partial charge in [0, 0.05) is 50.9 Å². The Morgan fingerprint density at radius 3 is 1.91 bits per heavy atom. The molecule has 2 aliphatic heterocycles. The minimum absolute atomic E-state index is 0.513. The first-order valence-corrected chi connectivity index (χ1v) is 15.5. The molecule has 2 aliphatic rings. The molecule has 0 spiro atoms. The van der Waals surface area contributed by atoms with Crippen molar-refractivity contribution in [3.63, 3.8) is 0 Å². The number of benzene rings is 1. The first-order chi connectivity index (χ1) is 15.9. The van der Waals surface area contributed by atoms with Gasteiger partial charge in [-0.1, -0.05) is 32.9 Å². The van der Waals surface area contributed by atoms with Gasteiger partial charge in [0.05, 0.1) is 23.7 Å². The van der Waals surface area contributed by atoms with Gasteiger partial charge in [-0.2, -0.15) is 4.31 Å². The van der Waals surface area contributed by atoms with Gasteiger partial charge in [0.15, 0.2) is 0 Å². The molecule has 0 N–H and O–H groups in total. The van der Waals surface area contributed by atoms with E-state index in [1.807, 2.05) is 45.2 Å². The summed E-state index contributed by atoms with van der Waals surface area (Å²) in [6, 6.07) is 6.01. The summed E-state index contributed by atoms with van der Waals surface area (Å²) >= 11 is 0. The van der Waals surface area contributed by atoms with Crippen LogP contribution in [0.5, 0.6) is 0 Å². The molecule has 1 aromatic heterocycles. The van der Waals surface area contributed by atoms with Crippen LogP contribution in [0.3, 0.4) is 0 Å². The zero-order chi connectivity index (χ0) is 25.5. The second-order valence-corrected chi connectivity index (χ2v) is 12.6. The van der Waals surface area contributed by atoms with Crippen molar-refractivity contribution >= 4 is 36.6 Å². The van der Waals surface area contributed by atoms with Crippen LogP contribution < -0.4 is 4.90 Å². The Bertz CT molecular complexity index is 1140. The number of piperidine rings is 1. The first-order valence-electron chi connectivity index (χ1n) is 11.8. The molecule has 9 nitrogen and oxygen atoms in total. The Hall–Kier alpha value is -1.82. The van der Waals surface area contributed by atoms with Crippen molar-refractivity contribution in [2.45, 2.75) is 40.5 Å². The minimum atomic E-state index is -3.10. The molecule has 2 saturated heterocycles. The molecule has 2 fully saturated rings.